The number of aromatic nitrogens is 1. The lowest BCUT2D eigenvalue weighted by molar-refractivity contribution is 0.0955. The Morgan fingerprint density at radius 3 is 2.38 bits per heavy atom. The number of hydrazone groups is 1. The largest absolute Gasteiger partial charge is 0.378 e. The van der Waals surface area contributed by atoms with Gasteiger partial charge >= 0.3 is 0 Å². The van der Waals surface area contributed by atoms with Gasteiger partial charge in [-0.2, -0.15) is 5.10 Å². The van der Waals surface area contributed by atoms with Crippen molar-refractivity contribution >= 4 is 17.3 Å². The second-order valence-electron chi connectivity index (χ2n) is 6.89. The van der Waals surface area contributed by atoms with Crippen LogP contribution in [0.2, 0.25) is 0 Å². The zero-order valence-electron chi connectivity index (χ0n) is 16.4. The molecule has 1 aliphatic heterocycles. The maximum Gasteiger partial charge on any atom is 0.273 e. The van der Waals surface area contributed by atoms with E-state index in [4.69, 9.17) is 4.74 Å². The second kappa shape index (κ2) is 8.75. The first-order chi connectivity index (χ1) is 14.2. The highest BCUT2D eigenvalue weighted by Crippen LogP contribution is 2.17. The van der Waals surface area contributed by atoms with Crippen LogP contribution in [-0.4, -0.2) is 42.5 Å². The molecule has 0 unspecified atom stereocenters. The number of anilines is 1. The summed E-state index contributed by atoms with van der Waals surface area (Å²) in [4.78, 5) is 15.0. The average Bonchev–Trinajstić information content (AvgIpc) is 3.33. The molecule has 4 rings (SSSR count). The van der Waals surface area contributed by atoms with Crippen LogP contribution in [-0.2, 0) is 4.74 Å². The minimum absolute atomic E-state index is 0.237. The molecule has 1 N–H and O–H groups in total. The molecule has 3 aromatic rings. The number of nitrogens with zero attached hydrogens (tertiary/aromatic N) is 3. The molecule has 2 heterocycles. The normalized spacial score (nSPS) is 14.7. The Balaban J connectivity index is 1.46. The van der Waals surface area contributed by atoms with Gasteiger partial charge in [-0.05, 0) is 48.9 Å². The van der Waals surface area contributed by atoms with Gasteiger partial charge in [0.15, 0.2) is 0 Å². The molecule has 0 saturated carbocycles. The van der Waals surface area contributed by atoms with Crippen molar-refractivity contribution in [2.45, 2.75) is 6.92 Å². The van der Waals surface area contributed by atoms with Crippen LogP contribution in [0.3, 0.4) is 0 Å². The lowest BCUT2D eigenvalue weighted by Crippen LogP contribution is -2.36. The molecule has 1 aliphatic rings. The van der Waals surface area contributed by atoms with Gasteiger partial charge < -0.3 is 14.2 Å². The molecule has 1 saturated heterocycles. The standard InChI is InChI=1S/C23H24N4O2/c1-18(19-8-10-20(11-9-19)26-14-16-29-17-15-26)24-25-23(28)21-6-2-3-7-22(21)27-12-4-5-13-27/h2-13H,14-17H2,1H3,(H,25,28)/b24-18-. The number of carbonyl (C=O) groups excluding carboxylic acids is 1. The van der Waals surface area contributed by atoms with Crippen molar-refractivity contribution in [2.24, 2.45) is 5.10 Å². The van der Waals surface area contributed by atoms with E-state index in [2.05, 4.69) is 27.6 Å². The Bertz CT molecular complexity index is 988. The molecule has 0 atom stereocenters. The summed E-state index contributed by atoms with van der Waals surface area (Å²) in [5.41, 5.74) is 6.98. The number of amides is 1. The topological polar surface area (TPSA) is 58.9 Å². The maximum absolute atomic E-state index is 12.7. The lowest BCUT2D eigenvalue weighted by Gasteiger charge is -2.28. The molecule has 29 heavy (non-hydrogen) atoms. The number of carbonyl (C=O) groups is 1. The Morgan fingerprint density at radius 1 is 0.966 bits per heavy atom. The van der Waals surface area contributed by atoms with Gasteiger partial charge in [0.1, 0.15) is 0 Å². The van der Waals surface area contributed by atoms with Gasteiger partial charge in [-0.3, -0.25) is 4.79 Å². The predicted molar refractivity (Wildman–Crippen MR) is 115 cm³/mol. The van der Waals surface area contributed by atoms with Crippen molar-refractivity contribution in [2.75, 3.05) is 31.2 Å². The van der Waals surface area contributed by atoms with E-state index in [1.54, 1.807) is 6.07 Å². The van der Waals surface area contributed by atoms with E-state index in [0.717, 1.165) is 43.3 Å². The molecule has 0 aliphatic carbocycles. The van der Waals surface area contributed by atoms with Crippen LogP contribution in [0.15, 0.2) is 78.2 Å². The van der Waals surface area contributed by atoms with E-state index >= 15 is 0 Å². The van der Waals surface area contributed by atoms with Gasteiger partial charge in [0.25, 0.3) is 5.91 Å². The molecule has 1 fully saturated rings. The Kier molecular flexibility index (Phi) is 5.72. The minimum atomic E-state index is -0.237. The minimum Gasteiger partial charge on any atom is -0.378 e. The van der Waals surface area contributed by atoms with E-state index in [1.165, 1.54) is 5.69 Å². The van der Waals surface area contributed by atoms with Gasteiger partial charge in [-0.15, -0.1) is 0 Å². The van der Waals surface area contributed by atoms with Crippen molar-refractivity contribution in [3.8, 4) is 5.69 Å². The van der Waals surface area contributed by atoms with E-state index in [0.29, 0.717) is 5.56 Å². The predicted octanol–water partition coefficient (Wildman–Crippen LogP) is 3.47. The van der Waals surface area contributed by atoms with Crippen LogP contribution >= 0.6 is 0 Å². The molecular weight excluding hydrogens is 364 g/mol. The van der Waals surface area contributed by atoms with E-state index in [1.807, 2.05) is 66.3 Å². The van der Waals surface area contributed by atoms with Gasteiger partial charge in [-0.1, -0.05) is 24.3 Å². The summed E-state index contributed by atoms with van der Waals surface area (Å²) in [6, 6.07) is 19.6. The maximum atomic E-state index is 12.7. The molecule has 6 heteroatoms. The number of hydrogen-bond donors (Lipinski definition) is 1. The van der Waals surface area contributed by atoms with Crippen LogP contribution in [0.1, 0.15) is 22.8 Å². The summed E-state index contributed by atoms with van der Waals surface area (Å²) in [7, 11) is 0. The zero-order chi connectivity index (χ0) is 20.1. The van der Waals surface area contributed by atoms with Crippen LogP contribution in [0.25, 0.3) is 5.69 Å². The molecule has 2 aromatic carbocycles. The number of morpholine rings is 1. The number of hydrogen-bond acceptors (Lipinski definition) is 4. The summed E-state index contributed by atoms with van der Waals surface area (Å²) < 4.78 is 7.32. The third kappa shape index (κ3) is 4.38. The molecule has 1 aromatic heterocycles. The van der Waals surface area contributed by atoms with E-state index in [9.17, 15) is 4.79 Å². The molecule has 148 valence electrons. The zero-order valence-corrected chi connectivity index (χ0v) is 16.4. The monoisotopic (exact) mass is 388 g/mol. The SMILES string of the molecule is C/C(=N/NC(=O)c1ccccc1-n1cccc1)c1ccc(N2CCOCC2)cc1. The third-order valence-corrected chi connectivity index (χ3v) is 5.02. The number of benzene rings is 2. The number of ether oxygens (including phenoxy) is 1. The summed E-state index contributed by atoms with van der Waals surface area (Å²) >= 11 is 0. The summed E-state index contributed by atoms with van der Waals surface area (Å²) in [6.07, 6.45) is 3.83. The molecule has 0 spiro atoms. The highest BCUT2D eigenvalue weighted by atomic mass is 16.5. The number of para-hydroxylation sites is 1. The Morgan fingerprint density at radius 2 is 1.66 bits per heavy atom. The average molecular weight is 388 g/mol. The first-order valence-corrected chi connectivity index (χ1v) is 9.72. The van der Waals surface area contributed by atoms with Crippen molar-refractivity contribution in [3.05, 3.63) is 84.2 Å². The van der Waals surface area contributed by atoms with Gasteiger partial charge in [0.05, 0.1) is 30.2 Å². The fourth-order valence-corrected chi connectivity index (χ4v) is 3.38. The molecule has 6 nitrogen and oxygen atoms in total. The highest BCUT2D eigenvalue weighted by Gasteiger charge is 2.13. The fraction of sp³-hybridized carbons (Fsp3) is 0.217. The van der Waals surface area contributed by atoms with Gasteiger partial charge in [0, 0.05) is 31.2 Å². The van der Waals surface area contributed by atoms with Crippen molar-refractivity contribution in [3.63, 3.8) is 0 Å². The first kappa shape index (κ1) is 19.0. The molecule has 1 amide bonds. The Hall–Kier alpha value is -3.38. The van der Waals surface area contributed by atoms with Crippen LogP contribution < -0.4 is 10.3 Å². The van der Waals surface area contributed by atoms with Crippen molar-refractivity contribution < 1.29 is 9.53 Å². The fourth-order valence-electron chi connectivity index (χ4n) is 3.38. The molecule has 0 bridgehead atoms. The lowest BCUT2D eigenvalue weighted by atomic mass is 10.1. The number of nitrogens with one attached hydrogen (secondary N) is 1. The van der Waals surface area contributed by atoms with E-state index < -0.39 is 0 Å². The Labute approximate surface area is 170 Å². The van der Waals surface area contributed by atoms with Crippen molar-refractivity contribution in [1.82, 2.24) is 9.99 Å². The van der Waals surface area contributed by atoms with Crippen LogP contribution in [0.4, 0.5) is 5.69 Å². The van der Waals surface area contributed by atoms with Crippen molar-refractivity contribution in [1.29, 1.82) is 0 Å². The van der Waals surface area contributed by atoms with Crippen LogP contribution in [0.5, 0.6) is 0 Å². The second-order valence-corrected chi connectivity index (χ2v) is 6.89. The third-order valence-electron chi connectivity index (χ3n) is 5.02. The summed E-state index contributed by atoms with van der Waals surface area (Å²) in [5.74, 6) is -0.237. The highest BCUT2D eigenvalue weighted by molar-refractivity contribution is 6.02. The van der Waals surface area contributed by atoms with Crippen LogP contribution in [0, 0.1) is 0 Å². The molecular formula is C23H24N4O2. The molecule has 0 radical (unpaired) electrons. The summed E-state index contributed by atoms with van der Waals surface area (Å²) in [6.45, 7) is 5.23. The van der Waals surface area contributed by atoms with Gasteiger partial charge in [0.2, 0.25) is 0 Å². The first-order valence-electron chi connectivity index (χ1n) is 9.72. The quantitative estimate of drug-likeness (QED) is 0.538. The summed E-state index contributed by atoms with van der Waals surface area (Å²) in [5, 5.41) is 4.31. The van der Waals surface area contributed by atoms with Gasteiger partial charge in [-0.25, -0.2) is 5.43 Å². The number of rotatable bonds is 5. The van der Waals surface area contributed by atoms with E-state index in [-0.39, 0.29) is 5.91 Å². The smallest absolute Gasteiger partial charge is 0.273 e.